The monoisotopic (exact) mass is 487 g/mol. The van der Waals surface area contributed by atoms with Crippen LogP contribution >= 0.6 is 0 Å². The molecular formula is C30H33NO5. The van der Waals surface area contributed by atoms with Crippen molar-refractivity contribution in [2.24, 2.45) is 0 Å². The predicted octanol–water partition coefficient (Wildman–Crippen LogP) is 5.40. The molecule has 3 aromatic rings. The summed E-state index contributed by atoms with van der Waals surface area (Å²) in [7, 11) is 0. The molecule has 1 aromatic heterocycles. The average molecular weight is 488 g/mol. The van der Waals surface area contributed by atoms with Gasteiger partial charge in [-0.3, -0.25) is 0 Å². The summed E-state index contributed by atoms with van der Waals surface area (Å²) < 4.78 is 16.5. The maximum Gasteiger partial charge on any atom is 0.384 e. The summed E-state index contributed by atoms with van der Waals surface area (Å²) in [4.78, 5) is 16.0. The summed E-state index contributed by atoms with van der Waals surface area (Å²) in [6.45, 7) is 10.4. The number of carbonyl (C=O) groups is 1. The molecule has 1 heterocycles. The number of aliphatic hydroxyl groups is 1. The van der Waals surface area contributed by atoms with Crippen molar-refractivity contribution in [2.45, 2.75) is 53.2 Å². The zero-order valence-electron chi connectivity index (χ0n) is 21.6. The van der Waals surface area contributed by atoms with Crippen LogP contribution in [0.15, 0.2) is 54.6 Å². The number of hydrogen-bond donors (Lipinski definition) is 1. The predicted molar refractivity (Wildman–Crippen MR) is 140 cm³/mol. The molecule has 0 radical (unpaired) electrons. The van der Waals surface area contributed by atoms with Crippen molar-refractivity contribution in [1.29, 1.82) is 0 Å². The van der Waals surface area contributed by atoms with Gasteiger partial charge in [-0.25, -0.2) is 9.78 Å². The Hall–Kier alpha value is -3.82. The van der Waals surface area contributed by atoms with Gasteiger partial charge in [0.2, 0.25) is 5.88 Å². The van der Waals surface area contributed by atoms with Gasteiger partial charge >= 0.3 is 5.97 Å². The van der Waals surface area contributed by atoms with E-state index in [1.165, 1.54) is 0 Å². The van der Waals surface area contributed by atoms with Crippen LogP contribution in [0.5, 0.6) is 11.6 Å². The minimum atomic E-state index is -0.771. The van der Waals surface area contributed by atoms with Crippen molar-refractivity contribution in [3.63, 3.8) is 0 Å². The Morgan fingerprint density at radius 3 is 2.47 bits per heavy atom. The molecule has 0 atom stereocenters. The molecule has 3 rings (SSSR count). The molecular weight excluding hydrogens is 454 g/mol. The van der Waals surface area contributed by atoms with Crippen molar-refractivity contribution in [2.75, 3.05) is 13.2 Å². The molecule has 6 nitrogen and oxygen atoms in total. The average Bonchev–Trinajstić information content (AvgIpc) is 2.81. The summed E-state index contributed by atoms with van der Waals surface area (Å²) >= 11 is 0. The number of nitrogens with zero attached hydrogens (tertiary/aromatic N) is 1. The number of rotatable bonds is 9. The van der Waals surface area contributed by atoms with Gasteiger partial charge in [0.25, 0.3) is 0 Å². The quantitative estimate of drug-likeness (QED) is 0.322. The SMILES string of the molecule is CCOC(=O)C#Cc1ccc(OCc2cccc(-c3c(C)cc(OCCC(C)(C)O)nc3C)c2)cc1. The fourth-order valence-corrected chi connectivity index (χ4v) is 3.62. The van der Waals surface area contributed by atoms with E-state index in [4.69, 9.17) is 14.2 Å². The molecule has 0 saturated heterocycles. The van der Waals surface area contributed by atoms with Crippen molar-refractivity contribution >= 4 is 5.97 Å². The zero-order valence-corrected chi connectivity index (χ0v) is 21.6. The van der Waals surface area contributed by atoms with Gasteiger partial charge in [0.15, 0.2) is 0 Å². The van der Waals surface area contributed by atoms with Crippen LogP contribution in [-0.2, 0) is 16.1 Å². The van der Waals surface area contributed by atoms with E-state index in [1.807, 2.05) is 56.3 Å². The highest BCUT2D eigenvalue weighted by Gasteiger charge is 2.14. The molecule has 0 aliphatic rings. The Labute approximate surface area is 213 Å². The lowest BCUT2D eigenvalue weighted by molar-refractivity contribution is -0.136. The van der Waals surface area contributed by atoms with E-state index in [0.29, 0.717) is 43.4 Å². The van der Waals surface area contributed by atoms with E-state index < -0.39 is 11.6 Å². The van der Waals surface area contributed by atoms with Crippen LogP contribution in [-0.4, -0.2) is 34.9 Å². The molecule has 0 bridgehead atoms. The fourth-order valence-electron chi connectivity index (χ4n) is 3.62. The second kappa shape index (κ2) is 12.2. The molecule has 0 aliphatic carbocycles. The first kappa shape index (κ1) is 26.8. The standard InChI is InChI=1S/C30H33NO5/c1-6-34-28(32)15-12-23-10-13-26(14-11-23)36-20-24-8-7-9-25(19-24)29-21(2)18-27(31-22(29)3)35-17-16-30(4,5)33/h7-11,13-14,18-19,33H,6,16-17,20H2,1-5H3. The first-order chi connectivity index (χ1) is 17.1. The molecule has 188 valence electrons. The molecule has 0 unspecified atom stereocenters. The van der Waals surface area contributed by atoms with Crippen molar-refractivity contribution in [3.05, 3.63) is 77.0 Å². The van der Waals surface area contributed by atoms with Crippen molar-refractivity contribution in [3.8, 4) is 34.6 Å². The highest BCUT2D eigenvalue weighted by molar-refractivity contribution is 5.89. The number of aryl methyl sites for hydroxylation is 2. The van der Waals surface area contributed by atoms with Crippen LogP contribution in [0.4, 0.5) is 0 Å². The zero-order chi connectivity index (χ0) is 26.1. The number of aromatic nitrogens is 1. The van der Waals surface area contributed by atoms with E-state index in [2.05, 4.69) is 29.0 Å². The first-order valence-corrected chi connectivity index (χ1v) is 12.0. The molecule has 2 aromatic carbocycles. The Balaban J connectivity index is 1.66. The van der Waals surface area contributed by atoms with Gasteiger partial charge < -0.3 is 19.3 Å². The van der Waals surface area contributed by atoms with Gasteiger partial charge in [-0.05, 0) is 81.6 Å². The lowest BCUT2D eigenvalue weighted by Crippen LogP contribution is -2.22. The maximum atomic E-state index is 11.4. The first-order valence-electron chi connectivity index (χ1n) is 12.0. The van der Waals surface area contributed by atoms with Crippen LogP contribution in [0.2, 0.25) is 0 Å². The fraction of sp³-hybridized carbons (Fsp3) is 0.333. The largest absolute Gasteiger partial charge is 0.489 e. The van der Waals surface area contributed by atoms with Gasteiger partial charge in [0.05, 0.1) is 18.8 Å². The van der Waals surface area contributed by atoms with E-state index in [-0.39, 0.29) is 0 Å². The van der Waals surface area contributed by atoms with Crippen LogP contribution in [0.25, 0.3) is 11.1 Å². The second-order valence-corrected chi connectivity index (χ2v) is 9.13. The Bertz CT molecular complexity index is 1220. The summed E-state index contributed by atoms with van der Waals surface area (Å²) in [6, 6.07) is 17.4. The number of ether oxygens (including phenoxy) is 3. The summed E-state index contributed by atoms with van der Waals surface area (Å²) in [5, 5.41) is 9.88. The van der Waals surface area contributed by atoms with Crippen molar-refractivity contribution < 1.29 is 24.1 Å². The summed E-state index contributed by atoms with van der Waals surface area (Å²) in [6.07, 6.45) is 0.528. The van der Waals surface area contributed by atoms with Crippen LogP contribution < -0.4 is 9.47 Å². The number of esters is 1. The molecule has 36 heavy (non-hydrogen) atoms. The lowest BCUT2D eigenvalue weighted by Gasteiger charge is -2.18. The lowest BCUT2D eigenvalue weighted by atomic mass is 9.98. The molecule has 0 spiro atoms. The van der Waals surface area contributed by atoms with E-state index in [1.54, 1.807) is 20.8 Å². The van der Waals surface area contributed by atoms with Crippen LogP contribution in [0.1, 0.15) is 49.6 Å². The molecule has 1 N–H and O–H groups in total. The summed E-state index contributed by atoms with van der Waals surface area (Å²) in [5.41, 5.74) is 5.05. The third kappa shape index (κ3) is 8.14. The number of benzene rings is 2. The second-order valence-electron chi connectivity index (χ2n) is 9.13. The van der Waals surface area contributed by atoms with E-state index >= 15 is 0 Å². The number of pyridine rings is 1. The Morgan fingerprint density at radius 1 is 1.06 bits per heavy atom. The molecule has 6 heteroatoms. The van der Waals surface area contributed by atoms with Gasteiger partial charge in [-0.1, -0.05) is 24.1 Å². The summed E-state index contributed by atoms with van der Waals surface area (Å²) in [5.74, 6) is 5.97. The normalized spacial score (nSPS) is 10.8. The third-order valence-corrected chi connectivity index (χ3v) is 5.40. The van der Waals surface area contributed by atoms with Gasteiger partial charge in [0, 0.05) is 35.2 Å². The molecule has 0 saturated carbocycles. The van der Waals surface area contributed by atoms with Gasteiger partial charge in [0.1, 0.15) is 12.4 Å². The topological polar surface area (TPSA) is 77.9 Å². The minimum Gasteiger partial charge on any atom is -0.489 e. The Kier molecular flexibility index (Phi) is 9.10. The van der Waals surface area contributed by atoms with E-state index in [9.17, 15) is 9.90 Å². The number of hydrogen-bond acceptors (Lipinski definition) is 6. The minimum absolute atomic E-state index is 0.306. The Morgan fingerprint density at radius 2 is 1.81 bits per heavy atom. The smallest absolute Gasteiger partial charge is 0.384 e. The molecule has 0 aliphatic heterocycles. The molecule has 0 fully saturated rings. The third-order valence-electron chi connectivity index (χ3n) is 5.40. The van der Waals surface area contributed by atoms with Crippen molar-refractivity contribution in [1.82, 2.24) is 4.98 Å². The van der Waals surface area contributed by atoms with E-state index in [0.717, 1.165) is 27.9 Å². The van der Waals surface area contributed by atoms with Crippen LogP contribution in [0, 0.1) is 25.7 Å². The highest BCUT2D eigenvalue weighted by Crippen LogP contribution is 2.30. The molecule has 0 amide bonds. The van der Waals surface area contributed by atoms with Gasteiger partial charge in [-0.2, -0.15) is 0 Å². The number of carbonyl (C=O) groups excluding carboxylic acids is 1. The van der Waals surface area contributed by atoms with Crippen LogP contribution in [0.3, 0.4) is 0 Å². The highest BCUT2D eigenvalue weighted by atomic mass is 16.5. The van der Waals surface area contributed by atoms with Gasteiger partial charge in [-0.15, -0.1) is 0 Å². The maximum absolute atomic E-state index is 11.4.